The van der Waals surface area contributed by atoms with Crippen LogP contribution in [0.5, 0.6) is 0 Å². The molecule has 1 spiro atoms. The monoisotopic (exact) mass is 229 g/mol. The number of para-hydroxylation sites is 1. The molecule has 0 unspecified atom stereocenters. The van der Waals surface area contributed by atoms with Gasteiger partial charge in [0.15, 0.2) is 0 Å². The number of anilines is 1. The van der Waals surface area contributed by atoms with Crippen molar-refractivity contribution in [1.29, 1.82) is 0 Å². The van der Waals surface area contributed by atoms with Crippen molar-refractivity contribution in [2.45, 2.75) is 44.4 Å². The molecule has 1 N–H and O–H groups in total. The van der Waals surface area contributed by atoms with Crippen LogP contribution in [0.4, 0.5) is 5.69 Å². The number of benzene rings is 1. The van der Waals surface area contributed by atoms with Crippen molar-refractivity contribution in [2.75, 3.05) is 5.32 Å². The van der Waals surface area contributed by atoms with Gasteiger partial charge in [-0.25, -0.2) is 0 Å². The van der Waals surface area contributed by atoms with Gasteiger partial charge in [-0.2, -0.15) is 0 Å². The van der Waals surface area contributed by atoms with Crippen LogP contribution in [0.2, 0.25) is 0 Å². The van der Waals surface area contributed by atoms with Gasteiger partial charge in [0.05, 0.1) is 0 Å². The van der Waals surface area contributed by atoms with Crippen LogP contribution in [-0.2, 0) is 10.2 Å². The number of nitrogens with one attached hydrogen (secondary N) is 1. The zero-order valence-corrected chi connectivity index (χ0v) is 10.3. The van der Waals surface area contributed by atoms with Gasteiger partial charge < -0.3 is 5.32 Å². The third-order valence-corrected chi connectivity index (χ3v) is 4.50. The Labute approximate surface area is 102 Å². The normalized spacial score (nSPS) is 32.1. The average Bonchev–Trinajstić information content (AvgIpc) is 2.33. The van der Waals surface area contributed by atoms with Gasteiger partial charge in [-0.1, -0.05) is 25.1 Å². The average molecular weight is 229 g/mol. The fourth-order valence-corrected chi connectivity index (χ4v) is 3.41. The molecule has 2 aliphatic rings. The Morgan fingerprint density at radius 1 is 1.24 bits per heavy atom. The SMILES string of the molecule is CC1CCC2(CC1)CC(=O)Nc1ccccc12. The van der Waals surface area contributed by atoms with Crippen LogP contribution in [0.3, 0.4) is 0 Å². The second kappa shape index (κ2) is 3.86. The van der Waals surface area contributed by atoms with Gasteiger partial charge in [-0.3, -0.25) is 4.79 Å². The standard InChI is InChI=1S/C15H19NO/c1-11-6-8-15(9-7-11)10-14(17)16-13-5-3-2-4-12(13)15/h2-5,11H,6-10H2,1H3,(H,16,17). The van der Waals surface area contributed by atoms with Crippen LogP contribution in [-0.4, -0.2) is 5.91 Å². The molecule has 1 aliphatic carbocycles. The molecule has 1 heterocycles. The second-order valence-electron chi connectivity index (χ2n) is 5.73. The Hall–Kier alpha value is -1.31. The van der Waals surface area contributed by atoms with Gasteiger partial charge in [0.1, 0.15) is 0 Å². The predicted molar refractivity (Wildman–Crippen MR) is 69.0 cm³/mol. The molecule has 0 atom stereocenters. The van der Waals surface area contributed by atoms with Gasteiger partial charge in [-0.05, 0) is 43.2 Å². The van der Waals surface area contributed by atoms with Crippen LogP contribution in [0.1, 0.15) is 44.6 Å². The van der Waals surface area contributed by atoms with E-state index in [1.165, 1.54) is 31.2 Å². The van der Waals surface area contributed by atoms with Crippen molar-refractivity contribution in [1.82, 2.24) is 0 Å². The molecule has 1 aromatic rings. The highest BCUT2D eigenvalue weighted by atomic mass is 16.1. The van der Waals surface area contributed by atoms with E-state index in [1.54, 1.807) is 0 Å². The van der Waals surface area contributed by atoms with Crippen LogP contribution in [0.25, 0.3) is 0 Å². The lowest BCUT2D eigenvalue weighted by Crippen LogP contribution is -2.39. The lowest BCUT2D eigenvalue weighted by atomic mass is 9.63. The molecule has 0 bridgehead atoms. The van der Waals surface area contributed by atoms with Crippen LogP contribution in [0, 0.1) is 5.92 Å². The van der Waals surface area contributed by atoms with Gasteiger partial charge in [0.2, 0.25) is 5.91 Å². The molecule has 1 aliphatic heterocycles. The summed E-state index contributed by atoms with van der Waals surface area (Å²) in [6, 6.07) is 8.33. The molecule has 0 aromatic heterocycles. The first-order valence-corrected chi connectivity index (χ1v) is 6.59. The Morgan fingerprint density at radius 2 is 1.94 bits per heavy atom. The molecular weight excluding hydrogens is 210 g/mol. The summed E-state index contributed by atoms with van der Waals surface area (Å²) in [7, 11) is 0. The summed E-state index contributed by atoms with van der Waals surface area (Å²) in [5.41, 5.74) is 2.54. The third-order valence-electron chi connectivity index (χ3n) is 4.50. The summed E-state index contributed by atoms with van der Waals surface area (Å²) in [4.78, 5) is 11.9. The number of hydrogen-bond donors (Lipinski definition) is 1. The van der Waals surface area contributed by atoms with Crippen molar-refractivity contribution < 1.29 is 4.79 Å². The second-order valence-corrected chi connectivity index (χ2v) is 5.73. The van der Waals surface area contributed by atoms with Gasteiger partial charge in [-0.15, -0.1) is 0 Å². The first-order valence-electron chi connectivity index (χ1n) is 6.59. The van der Waals surface area contributed by atoms with E-state index in [4.69, 9.17) is 0 Å². The van der Waals surface area contributed by atoms with Crippen molar-refractivity contribution in [2.24, 2.45) is 5.92 Å². The van der Waals surface area contributed by atoms with E-state index >= 15 is 0 Å². The zero-order valence-electron chi connectivity index (χ0n) is 10.3. The molecule has 0 radical (unpaired) electrons. The maximum absolute atomic E-state index is 11.9. The first kappa shape index (κ1) is 10.8. The molecule has 1 amide bonds. The summed E-state index contributed by atoms with van der Waals surface area (Å²) in [5.74, 6) is 1.01. The lowest BCUT2D eigenvalue weighted by Gasteiger charge is -2.43. The Kier molecular flexibility index (Phi) is 2.46. The van der Waals surface area contributed by atoms with E-state index in [0.717, 1.165) is 11.6 Å². The van der Waals surface area contributed by atoms with E-state index in [0.29, 0.717) is 6.42 Å². The quantitative estimate of drug-likeness (QED) is 0.725. The van der Waals surface area contributed by atoms with E-state index in [2.05, 4.69) is 24.4 Å². The van der Waals surface area contributed by atoms with Crippen LogP contribution >= 0.6 is 0 Å². The molecule has 1 fully saturated rings. The zero-order chi connectivity index (χ0) is 11.9. The van der Waals surface area contributed by atoms with Gasteiger partial charge >= 0.3 is 0 Å². The summed E-state index contributed by atoms with van der Waals surface area (Å²) in [5, 5.41) is 3.00. The molecule has 0 saturated heterocycles. The topological polar surface area (TPSA) is 29.1 Å². The Bertz CT molecular complexity index is 444. The fourth-order valence-electron chi connectivity index (χ4n) is 3.41. The number of carbonyl (C=O) groups excluding carboxylic acids is 1. The number of fused-ring (bicyclic) bond motifs is 2. The molecular formula is C15H19NO. The fraction of sp³-hybridized carbons (Fsp3) is 0.533. The Morgan fingerprint density at radius 3 is 2.71 bits per heavy atom. The van der Waals surface area contributed by atoms with Crippen molar-refractivity contribution in [3.05, 3.63) is 29.8 Å². The predicted octanol–water partition coefficient (Wildman–Crippen LogP) is 3.48. The van der Waals surface area contributed by atoms with E-state index in [-0.39, 0.29) is 11.3 Å². The van der Waals surface area contributed by atoms with E-state index < -0.39 is 0 Å². The summed E-state index contributed by atoms with van der Waals surface area (Å²) >= 11 is 0. The van der Waals surface area contributed by atoms with Crippen molar-refractivity contribution >= 4 is 11.6 Å². The molecule has 17 heavy (non-hydrogen) atoms. The molecule has 2 heteroatoms. The molecule has 90 valence electrons. The minimum atomic E-state index is 0.130. The summed E-state index contributed by atoms with van der Waals surface area (Å²) in [6.07, 6.45) is 5.51. The molecule has 1 saturated carbocycles. The van der Waals surface area contributed by atoms with Gasteiger partial charge in [0, 0.05) is 17.5 Å². The highest BCUT2D eigenvalue weighted by Crippen LogP contribution is 2.48. The lowest BCUT2D eigenvalue weighted by molar-refractivity contribution is -0.118. The van der Waals surface area contributed by atoms with Crippen LogP contribution < -0.4 is 5.32 Å². The highest BCUT2D eigenvalue weighted by Gasteiger charge is 2.41. The Balaban J connectivity index is 2.02. The summed E-state index contributed by atoms with van der Waals surface area (Å²) < 4.78 is 0. The first-order chi connectivity index (χ1) is 8.20. The number of hydrogen-bond acceptors (Lipinski definition) is 1. The van der Waals surface area contributed by atoms with E-state index in [1.807, 2.05) is 12.1 Å². The van der Waals surface area contributed by atoms with Gasteiger partial charge in [0.25, 0.3) is 0 Å². The minimum absolute atomic E-state index is 0.130. The molecule has 2 nitrogen and oxygen atoms in total. The molecule has 1 aromatic carbocycles. The summed E-state index contributed by atoms with van der Waals surface area (Å²) in [6.45, 7) is 2.32. The third kappa shape index (κ3) is 1.76. The van der Waals surface area contributed by atoms with E-state index in [9.17, 15) is 4.79 Å². The maximum atomic E-state index is 11.9. The largest absolute Gasteiger partial charge is 0.326 e. The number of rotatable bonds is 0. The smallest absolute Gasteiger partial charge is 0.225 e. The van der Waals surface area contributed by atoms with Crippen molar-refractivity contribution in [3.63, 3.8) is 0 Å². The number of amides is 1. The minimum Gasteiger partial charge on any atom is -0.326 e. The van der Waals surface area contributed by atoms with Crippen LogP contribution in [0.15, 0.2) is 24.3 Å². The maximum Gasteiger partial charge on any atom is 0.225 e. The highest BCUT2D eigenvalue weighted by molar-refractivity contribution is 5.95. The van der Waals surface area contributed by atoms with Crippen molar-refractivity contribution in [3.8, 4) is 0 Å². The number of carbonyl (C=O) groups is 1. The molecule has 3 rings (SSSR count).